The van der Waals surface area contributed by atoms with E-state index in [9.17, 15) is 13.2 Å². The minimum Gasteiger partial charge on any atom is -0.495 e. The van der Waals surface area contributed by atoms with Crippen LogP contribution in [-0.2, 0) is 14.8 Å². The third-order valence-corrected chi connectivity index (χ3v) is 6.04. The van der Waals surface area contributed by atoms with Gasteiger partial charge >= 0.3 is 0 Å². The summed E-state index contributed by atoms with van der Waals surface area (Å²) in [6.45, 7) is 3.58. The molecule has 2 aromatic carbocycles. The van der Waals surface area contributed by atoms with Gasteiger partial charge in [0.15, 0.2) is 0 Å². The zero-order chi connectivity index (χ0) is 21.1. The Balaban J connectivity index is 2.41. The highest BCUT2D eigenvalue weighted by Crippen LogP contribution is 2.32. The second-order valence-corrected chi connectivity index (χ2v) is 8.93. The predicted molar refractivity (Wildman–Crippen MR) is 114 cm³/mol. The van der Waals surface area contributed by atoms with Gasteiger partial charge in [0.1, 0.15) is 11.8 Å². The fourth-order valence-corrected chi connectivity index (χ4v) is 4.38. The fraction of sp³-hybridized carbons (Fsp3) is 0.316. The number of carbonyl (C=O) groups is 1. The summed E-state index contributed by atoms with van der Waals surface area (Å²) >= 11 is 12.3. The van der Waals surface area contributed by atoms with Crippen molar-refractivity contribution < 1.29 is 17.9 Å². The second kappa shape index (κ2) is 9.03. The third kappa shape index (κ3) is 5.10. The van der Waals surface area contributed by atoms with Crippen LogP contribution < -0.4 is 14.4 Å². The largest absolute Gasteiger partial charge is 0.495 e. The molecule has 0 aliphatic rings. The van der Waals surface area contributed by atoms with Crippen LogP contribution in [0.15, 0.2) is 36.4 Å². The zero-order valence-corrected chi connectivity index (χ0v) is 18.3. The van der Waals surface area contributed by atoms with Gasteiger partial charge in [-0.05, 0) is 49.2 Å². The molecule has 0 saturated heterocycles. The van der Waals surface area contributed by atoms with Crippen LogP contribution in [0.1, 0.15) is 18.9 Å². The number of amides is 1. The number of hydrogen-bond donors (Lipinski definition) is 1. The third-order valence-electron chi connectivity index (χ3n) is 4.16. The molecule has 1 atom stereocenters. The normalized spacial score (nSPS) is 12.4. The Morgan fingerprint density at radius 2 is 1.86 bits per heavy atom. The van der Waals surface area contributed by atoms with E-state index in [2.05, 4.69) is 5.32 Å². The molecule has 0 heterocycles. The van der Waals surface area contributed by atoms with E-state index in [-0.39, 0.29) is 17.1 Å². The molecule has 0 fully saturated rings. The topological polar surface area (TPSA) is 75.7 Å². The summed E-state index contributed by atoms with van der Waals surface area (Å²) in [4.78, 5) is 12.9. The Labute approximate surface area is 175 Å². The molecule has 152 valence electrons. The number of carbonyl (C=O) groups excluding carboxylic acids is 1. The Morgan fingerprint density at radius 1 is 1.18 bits per heavy atom. The molecule has 0 bridgehead atoms. The highest BCUT2D eigenvalue weighted by atomic mass is 35.5. The fourth-order valence-electron chi connectivity index (χ4n) is 2.75. The molecule has 0 spiro atoms. The van der Waals surface area contributed by atoms with E-state index in [1.165, 1.54) is 13.2 Å². The summed E-state index contributed by atoms with van der Waals surface area (Å²) in [5.41, 5.74) is 1.63. The number of ether oxygens (including phenoxy) is 1. The predicted octanol–water partition coefficient (Wildman–Crippen LogP) is 4.49. The lowest BCUT2D eigenvalue weighted by atomic mass is 10.1. The lowest BCUT2D eigenvalue weighted by Gasteiger charge is -2.30. The standard InChI is InChI=1S/C19H22Cl2N2O4S/c1-5-17(19(24)22-13-7-6-12(2)15(20)10-13)23(28(4,25)26)14-8-9-18(27-3)16(21)11-14/h6-11,17H,5H2,1-4H3,(H,22,24)/t17-/m0/s1. The minimum absolute atomic E-state index is 0.245. The van der Waals surface area contributed by atoms with Crippen LogP contribution in [0.2, 0.25) is 10.0 Å². The first kappa shape index (κ1) is 22.3. The van der Waals surface area contributed by atoms with E-state index in [1.807, 2.05) is 6.92 Å². The summed E-state index contributed by atoms with van der Waals surface area (Å²) in [6.07, 6.45) is 1.30. The molecule has 0 aromatic heterocycles. The number of halogens is 2. The summed E-state index contributed by atoms with van der Waals surface area (Å²) in [7, 11) is -2.31. The maximum absolute atomic E-state index is 12.9. The van der Waals surface area contributed by atoms with Crippen LogP contribution in [-0.4, -0.2) is 33.7 Å². The van der Waals surface area contributed by atoms with Crippen molar-refractivity contribution in [2.24, 2.45) is 0 Å². The molecule has 28 heavy (non-hydrogen) atoms. The first-order valence-electron chi connectivity index (χ1n) is 8.48. The van der Waals surface area contributed by atoms with Crippen molar-refractivity contribution >= 4 is 50.5 Å². The van der Waals surface area contributed by atoms with E-state index in [1.54, 1.807) is 37.3 Å². The molecule has 1 amide bonds. The number of hydrogen-bond acceptors (Lipinski definition) is 4. The number of methoxy groups -OCH3 is 1. The lowest BCUT2D eigenvalue weighted by Crippen LogP contribution is -2.47. The summed E-state index contributed by atoms with van der Waals surface area (Å²) in [5, 5.41) is 3.49. The summed E-state index contributed by atoms with van der Waals surface area (Å²) < 4.78 is 31.2. The van der Waals surface area contributed by atoms with Crippen LogP contribution in [0.5, 0.6) is 5.75 Å². The van der Waals surface area contributed by atoms with Gasteiger partial charge in [-0.2, -0.15) is 0 Å². The number of nitrogens with zero attached hydrogens (tertiary/aromatic N) is 1. The van der Waals surface area contributed by atoms with Crippen molar-refractivity contribution in [3.8, 4) is 5.75 Å². The van der Waals surface area contributed by atoms with E-state index < -0.39 is 22.0 Å². The van der Waals surface area contributed by atoms with Crippen molar-refractivity contribution in [2.75, 3.05) is 23.0 Å². The highest BCUT2D eigenvalue weighted by molar-refractivity contribution is 7.92. The highest BCUT2D eigenvalue weighted by Gasteiger charge is 2.32. The van der Waals surface area contributed by atoms with Crippen molar-refractivity contribution in [3.63, 3.8) is 0 Å². The van der Waals surface area contributed by atoms with E-state index in [0.717, 1.165) is 16.1 Å². The van der Waals surface area contributed by atoms with Gasteiger partial charge in [-0.1, -0.05) is 36.2 Å². The van der Waals surface area contributed by atoms with Crippen LogP contribution >= 0.6 is 23.2 Å². The number of rotatable bonds is 7. The number of benzene rings is 2. The van der Waals surface area contributed by atoms with Crippen molar-refractivity contribution in [2.45, 2.75) is 26.3 Å². The Bertz CT molecular complexity index is 980. The molecule has 2 aromatic rings. The second-order valence-electron chi connectivity index (χ2n) is 6.25. The van der Waals surface area contributed by atoms with E-state index in [0.29, 0.717) is 16.5 Å². The Hall–Kier alpha value is -1.96. The average Bonchev–Trinajstić information content (AvgIpc) is 2.61. The zero-order valence-electron chi connectivity index (χ0n) is 16.0. The molecule has 2 rings (SSSR count). The van der Waals surface area contributed by atoms with Crippen molar-refractivity contribution in [3.05, 3.63) is 52.0 Å². The molecule has 0 aliphatic carbocycles. The van der Waals surface area contributed by atoms with Gasteiger partial charge in [-0.25, -0.2) is 8.42 Å². The van der Waals surface area contributed by atoms with Crippen LogP contribution in [0.3, 0.4) is 0 Å². The first-order chi connectivity index (χ1) is 13.1. The van der Waals surface area contributed by atoms with E-state index in [4.69, 9.17) is 27.9 Å². The van der Waals surface area contributed by atoms with Crippen LogP contribution in [0, 0.1) is 6.92 Å². The van der Waals surface area contributed by atoms with Crippen LogP contribution in [0.25, 0.3) is 0 Å². The molecule has 6 nitrogen and oxygen atoms in total. The quantitative estimate of drug-likeness (QED) is 0.681. The van der Waals surface area contributed by atoms with Gasteiger partial charge in [-0.3, -0.25) is 9.10 Å². The number of nitrogens with one attached hydrogen (secondary N) is 1. The molecule has 0 radical (unpaired) electrons. The molecule has 1 N–H and O–H groups in total. The SMILES string of the molecule is CC[C@@H](C(=O)Nc1ccc(C)c(Cl)c1)N(c1ccc(OC)c(Cl)c1)S(C)(=O)=O. The lowest BCUT2D eigenvalue weighted by molar-refractivity contribution is -0.117. The molecule has 0 unspecified atom stereocenters. The van der Waals surface area contributed by atoms with Crippen molar-refractivity contribution in [1.29, 1.82) is 0 Å². The van der Waals surface area contributed by atoms with Gasteiger partial charge in [0, 0.05) is 10.7 Å². The molecular weight excluding hydrogens is 423 g/mol. The number of sulfonamides is 1. The maximum atomic E-state index is 12.9. The van der Waals surface area contributed by atoms with Gasteiger partial charge in [0.2, 0.25) is 15.9 Å². The Morgan fingerprint density at radius 3 is 2.36 bits per heavy atom. The van der Waals surface area contributed by atoms with Gasteiger partial charge in [-0.15, -0.1) is 0 Å². The van der Waals surface area contributed by atoms with Gasteiger partial charge < -0.3 is 10.1 Å². The molecule has 9 heteroatoms. The van der Waals surface area contributed by atoms with Crippen LogP contribution in [0.4, 0.5) is 11.4 Å². The maximum Gasteiger partial charge on any atom is 0.248 e. The summed E-state index contributed by atoms with van der Waals surface area (Å²) in [6, 6.07) is 8.69. The smallest absolute Gasteiger partial charge is 0.248 e. The monoisotopic (exact) mass is 444 g/mol. The van der Waals surface area contributed by atoms with E-state index >= 15 is 0 Å². The molecule has 0 saturated carbocycles. The summed E-state index contributed by atoms with van der Waals surface area (Å²) in [5.74, 6) is -0.0644. The van der Waals surface area contributed by atoms with Gasteiger partial charge in [0.25, 0.3) is 0 Å². The number of anilines is 2. The average molecular weight is 445 g/mol. The molecular formula is C19H22Cl2N2O4S. The van der Waals surface area contributed by atoms with Gasteiger partial charge in [0.05, 0.1) is 24.1 Å². The minimum atomic E-state index is -3.77. The molecule has 0 aliphatic heterocycles. The number of aryl methyl sites for hydroxylation is 1. The Kier molecular flexibility index (Phi) is 7.20. The first-order valence-corrected chi connectivity index (χ1v) is 11.1. The van der Waals surface area contributed by atoms with Crippen molar-refractivity contribution in [1.82, 2.24) is 0 Å².